The van der Waals surface area contributed by atoms with E-state index in [2.05, 4.69) is 5.32 Å². The summed E-state index contributed by atoms with van der Waals surface area (Å²) in [7, 11) is 0. The van der Waals surface area contributed by atoms with E-state index >= 15 is 0 Å². The van der Waals surface area contributed by atoms with Crippen LogP contribution in [-0.2, 0) is 20.7 Å². The number of furan rings is 1. The van der Waals surface area contributed by atoms with Crippen molar-refractivity contribution in [2.75, 3.05) is 6.61 Å². The van der Waals surface area contributed by atoms with Gasteiger partial charge in [0.15, 0.2) is 0 Å². The summed E-state index contributed by atoms with van der Waals surface area (Å²) in [4.78, 5) is 23.8. The van der Waals surface area contributed by atoms with Gasteiger partial charge in [-0.05, 0) is 25.0 Å². The van der Waals surface area contributed by atoms with Crippen molar-refractivity contribution in [1.29, 1.82) is 0 Å². The Morgan fingerprint density at radius 2 is 2.15 bits per heavy atom. The highest BCUT2D eigenvalue weighted by Crippen LogP contribution is 2.07. The van der Waals surface area contributed by atoms with Crippen LogP contribution in [0.4, 0.5) is 0 Å². The molecule has 6 heteroatoms. The average molecular weight is 282 g/mol. The molecule has 1 aromatic rings. The third-order valence-electron chi connectivity index (χ3n) is 2.89. The molecule has 6 nitrogen and oxygen atoms in total. The molecule has 1 rings (SSSR count). The molecule has 0 radical (unpaired) electrons. The molecule has 112 valence electrons. The van der Waals surface area contributed by atoms with Crippen molar-refractivity contribution in [3.8, 4) is 0 Å². The van der Waals surface area contributed by atoms with E-state index in [4.69, 9.17) is 14.9 Å². The monoisotopic (exact) mass is 282 g/mol. The molecule has 0 aliphatic heterocycles. The minimum Gasteiger partial charge on any atom is -0.469 e. The van der Waals surface area contributed by atoms with Gasteiger partial charge in [0.05, 0.1) is 18.9 Å². The number of carbonyl (C=O) groups excluding carboxylic acids is 2. The molecular weight excluding hydrogens is 260 g/mol. The smallest absolute Gasteiger partial charge is 0.329 e. The number of nitrogens with one attached hydrogen (secondary N) is 1. The van der Waals surface area contributed by atoms with Crippen molar-refractivity contribution in [3.63, 3.8) is 0 Å². The molecule has 0 aliphatic carbocycles. The molecule has 1 heterocycles. The number of carbonyl (C=O) groups is 2. The van der Waals surface area contributed by atoms with Gasteiger partial charge in [-0.3, -0.25) is 4.79 Å². The molecular formula is C14H22N2O4. The predicted molar refractivity (Wildman–Crippen MR) is 73.8 cm³/mol. The lowest BCUT2D eigenvalue weighted by molar-refractivity contribution is -0.147. The minimum absolute atomic E-state index is 0.0125. The number of nitrogens with two attached hydrogens (primary N) is 1. The Morgan fingerprint density at radius 3 is 2.65 bits per heavy atom. The Kier molecular flexibility index (Phi) is 6.24. The molecule has 0 aromatic carbocycles. The summed E-state index contributed by atoms with van der Waals surface area (Å²) in [5.74, 6) is -0.277. The minimum atomic E-state index is -0.793. The maximum absolute atomic E-state index is 12.0. The van der Waals surface area contributed by atoms with Crippen LogP contribution in [0.25, 0.3) is 0 Å². The molecule has 0 bridgehead atoms. The van der Waals surface area contributed by atoms with Gasteiger partial charge in [-0.1, -0.05) is 13.8 Å². The van der Waals surface area contributed by atoms with Crippen molar-refractivity contribution in [2.45, 2.75) is 39.3 Å². The Bertz CT molecular complexity index is 428. The number of rotatable bonds is 7. The van der Waals surface area contributed by atoms with Crippen molar-refractivity contribution in [2.24, 2.45) is 11.7 Å². The molecule has 1 amide bonds. The summed E-state index contributed by atoms with van der Waals surface area (Å²) in [6.07, 6.45) is 1.75. The van der Waals surface area contributed by atoms with Gasteiger partial charge in [0.25, 0.3) is 0 Å². The van der Waals surface area contributed by atoms with Crippen molar-refractivity contribution in [1.82, 2.24) is 5.32 Å². The molecule has 0 fully saturated rings. The zero-order valence-electron chi connectivity index (χ0n) is 12.1. The van der Waals surface area contributed by atoms with Crippen LogP contribution < -0.4 is 11.1 Å². The summed E-state index contributed by atoms with van der Waals surface area (Å²) < 4.78 is 10.1. The lowest BCUT2D eigenvalue weighted by atomic mass is 10.0. The average Bonchev–Trinajstić information content (AvgIpc) is 2.90. The lowest BCUT2D eigenvalue weighted by Crippen LogP contribution is -2.51. The highest BCUT2D eigenvalue weighted by molar-refractivity contribution is 5.87. The van der Waals surface area contributed by atoms with E-state index in [0.717, 1.165) is 0 Å². The summed E-state index contributed by atoms with van der Waals surface area (Å²) in [6, 6.07) is 2.00. The van der Waals surface area contributed by atoms with E-state index < -0.39 is 18.1 Å². The van der Waals surface area contributed by atoms with Gasteiger partial charge >= 0.3 is 5.97 Å². The fourth-order valence-corrected chi connectivity index (χ4v) is 1.64. The second-order valence-electron chi connectivity index (χ2n) is 4.87. The normalized spacial score (nSPS) is 13.8. The number of esters is 1. The second kappa shape index (κ2) is 7.69. The number of hydrogen-bond acceptors (Lipinski definition) is 5. The van der Waals surface area contributed by atoms with Crippen molar-refractivity contribution >= 4 is 11.9 Å². The van der Waals surface area contributed by atoms with Crippen LogP contribution in [0.5, 0.6) is 0 Å². The Balaban J connectivity index is 2.72. The summed E-state index contributed by atoms with van der Waals surface area (Å²) >= 11 is 0. The van der Waals surface area contributed by atoms with E-state index in [9.17, 15) is 9.59 Å². The molecule has 2 unspecified atom stereocenters. The summed E-state index contributed by atoms with van der Waals surface area (Å²) in [5, 5.41) is 2.62. The van der Waals surface area contributed by atoms with Gasteiger partial charge in [0.2, 0.25) is 5.91 Å². The Labute approximate surface area is 118 Å². The van der Waals surface area contributed by atoms with Gasteiger partial charge in [0, 0.05) is 6.42 Å². The number of ether oxygens (including phenoxy) is 1. The third-order valence-corrected chi connectivity index (χ3v) is 2.89. The Morgan fingerprint density at radius 1 is 1.45 bits per heavy atom. The molecule has 0 saturated heterocycles. The Hall–Kier alpha value is -1.82. The van der Waals surface area contributed by atoms with Crippen LogP contribution >= 0.6 is 0 Å². The van der Waals surface area contributed by atoms with E-state index in [-0.39, 0.29) is 24.9 Å². The van der Waals surface area contributed by atoms with Gasteiger partial charge in [-0.25, -0.2) is 4.79 Å². The fourth-order valence-electron chi connectivity index (χ4n) is 1.64. The van der Waals surface area contributed by atoms with Crippen LogP contribution in [-0.4, -0.2) is 30.6 Å². The van der Waals surface area contributed by atoms with E-state index in [0.29, 0.717) is 5.76 Å². The summed E-state index contributed by atoms with van der Waals surface area (Å²) in [6.45, 7) is 5.65. The topological polar surface area (TPSA) is 94.6 Å². The number of amides is 1. The molecule has 0 saturated carbocycles. The SMILES string of the molecule is CCOC(=O)C(Cc1ccco1)NC(=O)C(N)C(C)C. The quantitative estimate of drug-likeness (QED) is 0.723. The predicted octanol–water partition coefficient (Wildman–Crippen LogP) is 0.853. The molecule has 0 aliphatic rings. The van der Waals surface area contributed by atoms with E-state index in [1.807, 2.05) is 13.8 Å². The second-order valence-corrected chi connectivity index (χ2v) is 4.87. The first-order valence-corrected chi connectivity index (χ1v) is 6.70. The molecule has 3 N–H and O–H groups in total. The maximum Gasteiger partial charge on any atom is 0.329 e. The zero-order chi connectivity index (χ0) is 15.1. The molecule has 20 heavy (non-hydrogen) atoms. The van der Waals surface area contributed by atoms with Crippen molar-refractivity contribution < 1.29 is 18.7 Å². The number of hydrogen-bond donors (Lipinski definition) is 2. The summed E-state index contributed by atoms with van der Waals surface area (Å²) in [5.41, 5.74) is 5.77. The fraction of sp³-hybridized carbons (Fsp3) is 0.571. The van der Waals surface area contributed by atoms with Crippen LogP contribution in [0.3, 0.4) is 0 Å². The van der Waals surface area contributed by atoms with Crippen LogP contribution in [0.1, 0.15) is 26.5 Å². The van der Waals surface area contributed by atoms with Gasteiger partial charge < -0.3 is 20.2 Å². The molecule has 0 spiro atoms. The lowest BCUT2D eigenvalue weighted by Gasteiger charge is -2.20. The standard InChI is InChI=1S/C14H22N2O4/c1-4-19-14(18)11(8-10-6-5-7-20-10)16-13(17)12(15)9(2)3/h5-7,9,11-12H,4,8,15H2,1-3H3,(H,16,17). The molecule has 1 aromatic heterocycles. The van der Waals surface area contributed by atoms with E-state index in [1.54, 1.807) is 19.1 Å². The van der Waals surface area contributed by atoms with Gasteiger partial charge in [-0.2, -0.15) is 0 Å². The zero-order valence-corrected chi connectivity index (χ0v) is 12.1. The molecule has 2 atom stereocenters. The first-order valence-electron chi connectivity index (χ1n) is 6.70. The highest BCUT2D eigenvalue weighted by Gasteiger charge is 2.27. The van der Waals surface area contributed by atoms with Crippen LogP contribution in [0.15, 0.2) is 22.8 Å². The largest absolute Gasteiger partial charge is 0.469 e. The van der Waals surface area contributed by atoms with Crippen LogP contribution in [0.2, 0.25) is 0 Å². The first-order chi connectivity index (χ1) is 9.45. The first kappa shape index (κ1) is 16.2. The van der Waals surface area contributed by atoms with Gasteiger partial charge in [-0.15, -0.1) is 0 Å². The van der Waals surface area contributed by atoms with E-state index in [1.165, 1.54) is 6.26 Å². The van der Waals surface area contributed by atoms with Crippen LogP contribution in [0, 0.1) is 5.92 Å². The maximum atomic E-state index is 12.0. The van der Waals surface area contributed by atoms with Crippen molar-refractivity contribution in [3.05, 3.63) is 24.2 Å². The van der Waals surface area contributed by atoms with Gasteiger partial charge in [0.1, 0.15) is 11.8 Å². The third kappa shape index (κ3) is 4.70. The highest BCUT2D eigenvalue weighted by atomic mass is 16.5.